The minimum absolute atomic E-state index is 0.153. The van der Waals surface area contributed by atoms with Gasteiger partial charge < -0.3 is 4.74 Å². The molecule has 1 heterocycles. The quantitative estimate of drug-likeness (QED) is 0.655. The number of hydrogen-bond donors (Lipinski definition) is 2. The molecule has 0 aliphatic rings. The van der Waals surface area contributed by atoms with Crippen LogP contribution in [0.1, 0.15) is 18.1 Å². The molecular formula is C20H22N4O3. The summed E-state index contributed by atoms with van der Waals surface area (Å²) in [6, 6.07) is 12.7. The Morgan fingerprint density at radius 2 is 1.93 bits per heavy atom. The third-order valence-corrected chi connectivity index (χ3v) is 4.34. The molecule has 0 saturated carbocycles. The van der Waals surface area contributed by atoms with E-state index in [1.165, 1.54) is 4.57 Å². The summed E-state index contributed by atoms with van der Waals surface area (Å²) in [5.41, 5.74) is 7.91. The van der Waals surface area contributed by atoms with E-state index in [2.05, 4.69) is 15.8 Å². The van der Waals surface area contributed by atoms with Crippen molar-refractivity contribution in [1.29, 1.82) is 0 Å². The van der Waals surface area contributed by atoms with E-state index in [4.69, 9.17) is 4.74 Å². The molecule has 7 nitrogen and oxygen atoms in total. The molecule has 27 heavy (non-hydrogen) atoms. The minimum Gasteiger partial charge on any atom is -0.484 e. The van der Waals surface area contributed by atoms with Gasteiger partial charge in [-0.3, -0.25) is 25.0 Å². The minimum atomic E-state index is -0.377. The number of amides is 1. The standard InChI is InChI=1S/C20H22N4O3/c1-4-24-19(26)16-7-5-6-8-17(16)21-20(24)23-22-18(25)12-27-15-10-9-13(2)14(3)11-15/h5-11H,4,12H2,1-3H3,(H,21,23)(H,22,25). The molecule has 0 radical (unpaired) electrons. The van der Waals surface area contributed by atoms with Crippen molar-refractivity contribution in [1.82, 2.24) is 15.0 Å². The number of hydrogen-bond acceptors (Lipinski definition) is 5. The molecule has 0 saturated heterocycles. The molecule has 0 atom stereocenters. The summed E-state index contributed by atoms with van der Waals surface area (Å²) in [6.45, 7) is 6.11. The molecule has 0 bridgehead atoms. The Kier molecular flexibility index (Phi) is 5.40. The average Bonchev–Trinajstić information content (AvgIpc) is 2.67. The topological polar surface area (TPSA) is 85.2 Å². The zero-order valence-electron chi connectivity index (χ0n) is 15.6. The maximum atomic E-state index is 12.5. The van der Waals surface area contributed by atoms with Gasteiger partial charge in [0.15, 0.2) is 6.61 Å². The number of carbonyl (C=O) groups is 1. The van der Waals surface area contributed by atoms with E-state index < -0.39 is 0 Å². The Bertz CT molecular complexity index is 1040. The first-order valence-electron chi connectivity index (χ1n) is 8.74. The van der Waals surface area contributed by atoms with E-state index in [0.717, 1.165) is 11.1 Å². The number of carbonyl (C=O) groups excluding carboxylic acids is 1. The van der Waals surface area contributed by atoms with Crippen molar-refractivity contribution in [3.8, 4) is 5.75 Å². The second-order valence-electron chi connectivity index (χ2n) is 6.21. The van der Waals surface area contributed by atoms with Gasteiger partial charge >= 0.3 is 0 Å². The fourth-order valence-corrected chi connectivity index (χ4v) is 2.67. The van der Waals surface area contributed by atoms with Gasteiger partial charge in [0.1, 0.15) is 5.75 Å². The van der Waals surface area contributed by atoms with Crippen LogP contribution in [-0.2, 0) is 11.3 Å². The van der Waals surface area contributed by atoms with E-state index in [1.54, 1.807) is 18.2 Å². The van der Waals surface area contributed by atoms with Crippen molar-refractivity contribution < 1.29 is 9.53 Å². The molecule has 3 aromatic rings. The number of benzene rings is 2. The molecule has 1 aromatic heterocycles. The van der Waals surface area contributed by atoms with Crippen LogP contribution in [0.5, 0.6) is 5.75 Å². The highest BCUT2D eigenvalue weighted by molar-refractivity contribution is 5.80. The van der Waals surface area contributed by atoms with Gasteiger partial charge in [0.2, 0.25) is 5.95 Å². The summed E-state index contributed by atoms with van der Waals surface area (Å²) in [5, 5.41) is 0.536. The lowest BCUT2D eigenvalue weighted by molar-refractivity contribution is -0.122. The molecule has 0 unspecified atom stereocenters. The molecule has 1 amide bonds. The van der Waals surface area contributed by atoms with Crippen LogP contribution in [0.2, 0.25) is 0 Å². The van der Waals surface area contributed by atoms with Crippen molar-refractivity contribution in [2.45, 2.75) is 27.3 Å². The number of anilines is 1. The average molecular weight is 366 g/mol. The molecular weight excluding hydrogens is 344 g/mol. The highest BCUT2D eigenvalue weighted by Crippen LogP contribution is 2.16. The largest absolute Gasteiger partial charge is 0.484 e. The number of hydrazine groups is 1. The lowest BCUT2D eigenvalue weighted by Gasteiger charge is -2.14. The Labute approximate surface area is 157 Å². The SMILES string of the molecule is CCn1c(NNC(=O)COc2ccc(C)c(C)c2)nc2ccccc2c1=O. The van der Waals surface area contributed by atoms with Crippen LogP contribution in [0.3, 0.4) is 0 Å². The Morgan fingerprint density at radius 1 is 1.15 bits per heavy atom. The third kappa shape index (κ3) is 4.08. The Balaban J connectivity index is 1.68. The van der Waals surface area contributed by atoms with Gasteiger partial charge in [0, 0.05) is 6.54 Å². The molecule has 2 aromatic carbocycles. The van der Waals surface area contributed by atoms with Crippen LogP contribution < -0.4 is 21.1 Å². The van der Waals surface area contributed by atoms with E-state index in [-0.39, 0.29) is 24.0 Å². The molecule has 0 aliphatic carbocycles. The van der Waals surface area contributed by atoms with Gasteiger partial charge in [-0.2, -0.15) is 0 Å². The first-order chi connectivity index (χ1) is 13.0. The van der Waals surface area contributed by atoms with Crippen molar-refractivity contribution in [3.05, 3.63) is 63.9 Å². The van der Waals surface area contributed by atoms with Crippen LogP contribution in [0.25, 0.3) is 10.9 Å². The number of rotatable bonds is 6. The number of fused-ring (bicyclic) bond motifs is 1. The Hall–Kier alpha value is -3.35. The second kappa shape index (κ2) is 7.90. The van der Waals surface area contributed by atoms with E-state index in [1.807, 2.05) is 45.0 Å². The number of ether oxygens (including phenoxy) is 1. The van der Waals surface area contributed by atoms with Gasteiger partial charge in [-0.25, -0.2) is 4.98 Å². The molecule has 0 aliphatic heterocycles. The molecule has 0 spiro atoms. The maximum absolute atomic E-state index is 12.5. The number of aryl methyl sites for hydroxylation is 2. The van der Waals surface area contributed by atoms with Crippen LogP contribution in [0.15, 0.2) is 47.3 Å². The number of nitrogens with one attached hydrogen (secondary N) is 2. The van der Waals surface area contributed by atoms with Crippen molar-refractivity contribution in [2.24, 2.45) is 0 Å². The fourth-order valence-electron chi connectivity index (χ4n) is 2.67. The smallest absolute Gasteiger partial charge is 0.276 e. The predicted molar refractivity (Wildman–Crippen MR) is 105 cm³/mol. The molecule has 140 valence electrons. The first kappa shape index (κ1) is 18.4. The molecule has 7 heteroatoms. The molecule has 2 N–H and O–H groups in total. The van der Waals surface area contributed by atoms with E-state index >= 15 is 0 Å². The van der Waals surface area contributed by atoms with Crippen molar-refractivity contribution >= 4 is 22.8 Å². The normalized spacial score (nSPS) is 10.6. The van der Waals surface area contributed by atoms with E-state index in [0.29, 0.717) is 23.2 Å². The highest BCUT2D eigenvalue weighted by atomic mass is 16.5. The lowest BCUT2D eigenvalue weighted by atomic mass is 10.1. The first-order valence-corrected chi connectivity index (χ1v) is 8.74. The zero-order chi connectivity index (χ0) is 19.4. The lowest BCUT2D eigenvalue weighted by Crippen LogP contribution is -2.37. The second-order valence-corrected chi connectivity index (χ2v) is 6.21. The van der Waals surface area contributed by atoms with E-state index in [9.17, 15) is 9.59 Å². The summed E-state index contributed by atoms with van der Waals surface area (Å²) < 4.78 is 6.97. The fraction of sp³-hybridized carbons (Fsp3) is 0.250. The van der Waals surface area contributed by atoms with Crippen LogP contribution in [-0.4, -0.2) is 22.1 Å². The zero-order valence-corrected chi connectivity index (χ0v) is 15.6. The molecule has 3 rings (SSSR count). The maximum Gasteiger partial charge on any atom is 0.276 e. The van der Waals surface area contributed by atoms with Gasteiger partial charge in [0.25, 0.3) is 11.5 Å². The number of aromatic nitrogens is 2. The van der Waals surface area contributed by atoms with Crippen LogP contribution in [0.4, 0.5) is 5.95 Å². The monoisotopic (exact) mass is 366 g/mol. The van der Waals surface area contributed by atoms with Gasteiger partial charge in [-0.05, 0) is 56.2 Å². The van der Waals surface area contributed by atoms with Gasteiger partial charge in [-0.1, -0.05) is 18.2 Å². The third-order valence-electron chi connectivity index (χ3n) is 4.34. The molecule has 0 fully saturated rings. The number of nitrogens with zero attached hydrogens (tertiary/aromatic N) is 2. The summed E-state index contributed by atoms with van der Waals surface area (Å²) in [6.07, 6.45) is 0. The van der Waals surface area contributed by atoms with Gasteiger partial charge in [0.05, 0.1) is 10.9 Å². The summed E-state index contributed by atoms with van der Waals surface area (Å²) in [5.74, 6) is 0.529. The summed E-state index contributed by atoms with van der Waals surface area (Å²) >= 11 is 0. The van der Waals surface area contributed by atoms with Crippen LogP contribution >= 0.6 is 0 Å². The predicted octanol–water partition coefficient (Wildman–Crippen LogP) is 2.56. The Morgan fingerprint density at radius 3 is 2.67 bits per heavy atom. The summed E-state index contributed by atoms with van der Waals surface area (Å²) in [7, 11) is 0. The van der Waals surface area contributed by atoms with Gasteiger partial charge in [-0.15, -0.1) is 0 Å². The van der Waals surface area contributed by atoms with Crippen molar-refractivity contribution in [3.63, 3.8) is 0 Å². The highest BCUT2D eigenvalue weighted by Gasteiger charge is 2.10. The summed E-state index contributed by atoms with van der Waals surface area (Å²) in [4.78, 5) is 29.0. The van der Waals surface area contributed by atoms with Crippen LogP contribution in [0, 0.1) is 13.8 Å². The van der Waals surface area contributed by atoms with Crippen molar-refractivity contribution in [2.75, 3.05) is 12.0 Å². The number of para-hydroxylation sites is 1.